The zero-order valence-electron chi connectivity index (χ0n) is 21.4. The van der Waals surface area contributed by atoms with Gasteiger partial charge in [-0.05, 0) is 74.7 Å². The van der Waals surface area contributed by atoms with Crippen LogP contribution in [0.4, 0.5) is 10.1 Å². The number of aromatic nitrogens is 3. The summed E-state index contributed by atoms with van der Waals surface area (Å²) in [6, 6.07) is 12.0. The number of sulfonamides is 1. The number of amides is 1. The van der Waals surface area contributed by atoms with E-state index < -0.39 is 21.7 Å². The summed E-state index contributed by atoms with van der Waals surface area (Å²) in [5.41, 5.74) is 3.18. The maximum Gasteiger partial charge on any atom is 0.276 e. The van der Waals surface area contributed by atoms with Gasteiger partial charge in [0.05, 0.1) is 12.7 Å². The van der Waals surface area contributed by atoms with Crippen LogP contribution >= 0.6 is 0 Å². The average molecular weight is 538 g/mol. The smallest absolute Gasteiger partial charge is 0.276 e. The Morgan fingerprint density at radius 2 is 1.74 bits per heavy atom. The monoisotopic (exact) mass is 537 g/mol. The first kappa shape index (κ1) is 25.8. The standard InChI is InChI=1S/C27H28FN5O4S/c1-17-15-18(2)33-26(29-17)24(25(31-33)27(34)30-21-10-8-20(28)9-11-21)19-7-12-22(37-3)23(16-19)38(35,36)32-13-5-4-6-14-32/h7-12,15-16H,4-6,13-14H2,1-3H3,(H,30,34). The van der Waals surface area contributed by atoms with Crippen molar-refractivity contribution in [3.63, 3.8) is 0 Å². The minimum absolute atomic E-state index is 0.0213. The van der Waals surface area contributed by atoms with Crippen LogP contribution in [0.5, 0.6) is 5.75 Å². The third-order valence-electron chi connectivity index (χ3n) is 6.60. The number of piperidine rings is 1. The molecule has 0 aliphatic carbocycles. The van der Waals surface area contributed by atoms with Crippen molar-refractivity contribution in [2.24, 2.45) is 0 Å². The van der Waals surface area contributed by atoms with Crippen LogP contribution in [0.3, 0.4) is 0 Å². The second-order valence-corrected chi connectivity index (χ2v) is 11.2. The molecule has 0 atom stereocenters. The molecule has 0 radical (unpaired) electrons. The number of benzene rings is 2. The van der Waals surface area contributed by atoms with Crippen LogP contribution in [-0.4, -0.2) is 53.4 Å². The SMILES string of the molecule is COc1ccc(-c2c(C(=O)Nc3ccc(F)cc3)nn3c(C)cc(C)nc23)cc1S(=O)(=O)N1CCCCC1. The first-order valence-electron chi connectivity index (χ1n) is 12.3. The fraction of sp³-hybridized carbons (Fsp3) is 0.296. The highest BCUT2D eigenvalue weighted by Crippen LogP contribution is 2.36. The summed E-state index contributed by atoms with van der Waals surface area (Å²) >= 11 is 0. The molecule has 1 amide bonds. The van der Waals surface area contributed by atoms with Gasteiger partial charge in [0.25, 0.3) is 5.91 Å². The second-order valence-electron chi connectivity index (χ2n) is 9.29. The Morgan fingerprint density at radius 3 is 2.42 bits per heavy atom. The van der Waals surface area contributed by atoms with E-state index in [1.165, 1.54) is 41.7 Å². The van der Waals surface area contributed by atoms with Gasteiger partial charge in [0.1, 0.15) is 16.5 Å². The van der Waals surface area contributed by atoms with Crippen LogP contribution in [0, 0.1) is 19.7 Å². The van der Waals surface area contributed by atoms with E-state index in [1.807, 2.05) is 19.9 Å². The van der Waals surface area contributed by atoms with Crippen molar-refractivity contribution in [1.29, 1.82) is 0 Å². The van der Waals surface area contributed by atoms with Gasteiger partial charge in [0, 0.05) is 30.2 Å². The number of aryl methyl sites for hydroxylation is 2. The molecule has 4 aromatic rings. The topological polar surface area (TPSA) is 106 Å². The van der Waals surface area contributed by atoms with Gasteiger partial charge < -0.3 is 10.1 Å². The Kier molecular flexibility index (Phi) is 6.89. The number of fused-ring (bicyclic) bond motifs is 1. The molecular weight excluding hydrogens is 509 g/mol. The molecule has 198 valence electrons. The minimum Gasteiger partial charge on any atom is -0.495 e. The lowest BCUT2D eigenvalue weighted by molar-refractivity contribution is 0.102. The summed E-state index contributed by atoms with van der Waals surface area (Å²) in [6.45, 7) is 4.57. The molecule has 2 aromatic carbocycles. The van der Waals surface area contributed by atoms with Gasteiger partial charge in [0.15, 0.2) is 11.3 Å². The predicted molar refractivity (Wildman–Crippen MR) is 141 cm³/mol. The number of rotatable bonds is 6. The van der Waals surface area contributed by atoms with Gasteiger partial charge in [-0.3, -0.25) is 4.79 Å². The van der Waals surface area contributed by atoms with Crippen molar-refractivity contribution in [1.82, 2.24) is 18.9 Å². The summed E-state index contributed by atoms with van der Waals surface area (Å²) in [4.78, 5) is 18.1. The van der Waals surface area contributed by atoms with Gasteiger partial charge in [0.2, 0.25) is 10.0 Å². The quantitative estimate of drug-likeness (QED) is 0.386. The molecule has 38 heavy (non-hydrogen) atoms. The van der Waals surface area contributed by atoms with Gasteiger partial charge in [-0.15, -0.1) is 0 Å². The van der Waals surface area contributed by atoms with Crippen LogP contribution in [0.2, 0.25) is 0 Å². The van der Waals surface area contributed by atoms with E-state index in [4.69, 9.17) is 4.74 Å². The zero-order chi connectivity index (χ0) is 27.0. The maximum atomic E-state index is 13.6. The van der Waals surface area contributed by atoms with Crippen molar-refractivity contribution in [2.75, 3.05) is 25.5 Å². The summed E-state index contributed by atoms with van der Waals surface area (Å²) < 4.78 is 49.2. The molecule has 1 fully saturated rings. The molecule has 11 heteroatoms. The van der Waals surface area contributed by atoms with Gasteiger partial charge >= 0.3 is 0 Å². The number of carbonyl (C=O) groups is 1. The Labute approximate surface area is 220 Å². The van der Waals surface area contributed by atoms with E-state index in [2.05, 4.69) is 15.4 Å². The maximum absolute atomic E-state index is 13.6. The lowest BCUT2D eigenvalue weighted by Gasteiger charge is -2.26. The third-order valence-corrected chi connectivity index (χ3v) is 8.52. The van der Waals surface area contributed by atoms with Crippen LogP contribution in [0.1, 0.15) is 41.1 Å². The Morgan fingerprint density at radius 1 is 1.03 bits per heavy atom. The van der Waals surface area contributed by atoms with E-state index in [9.17, 15) is 17.6 Å². The molecule has 5 rings (SSSR count). The predicted octanol–water partition coefficient (Wildman–Crippen LogP) is 4.59. The van der Waals surface area contributed by atoms with E-state index in [0.717, 1.165) is 30.7 Å². The minimum atomic E-state index is -3.85. The van der Waals surface area contributed by atoms with Crippen LogP contribution < -0.4 is 10.1 Å². The number of nitrogens with one attached hydrogen (secondary N) is 1. The number of anilines is 1. The van der Waals surface area contributed by atoms with Crippen LogP contribution in [0.25, 0.3) is 16.8 Å². The fourth-order valence-corrected chi connectivity index (χ4v) is 6.45. The molecule has 1 N–H and O–H groups in total. The molecule has 1 aliphatic heterocycles. The van der Waals surface area contributed by atoms with Crippen molar-refractivity contribution in [3.8, 4) is 16.9 Å². The molecular formula is C27H28FN5O4S. The molecule has 2 aromatic heterocycles. The molecule has 0 unspecified atom stereocenters. The number of hydrogen-bond acceptors (Lipinski definition) is 6. The van der Waals surface area contributed by atoms with E-state index in [1.54, 1.807) is 16.6 Å². The highest BCUT2D eigenvalue weighted by atomic mass is 32.2. The van der Waals surface area contributed by atoms with Crippen molar-refractivity contribution in [3.05, 3.63) is 71.4 Å². The number of carbonyl (C=O) groups excluding carboxylic acids is 1. The second kappa shape index (κ2) is 10.1. The van der Waals surface area contributed by atoms with Crippen molar-refractivity contribution in [2.45, 2.75) is 38.0 Å². The molecule has 3 heterocycles. The number of nitrogens with zero attached hydrogens (tertiary/aromatic N) is 4. The van der Waals surface area contributed by atoms with Crippen LogP contribution in [-0.2, 0) is 10.0 Å². The average Bonchev–Trinajstić information content (AvgIpc) is 3.30. The number of hydrogen-bond donors (Lipinski definition) is 1. The molecule has 0 saturated carbocycles. The highest BCUT2D eigenvalue weighted by Gasteiger charge is 2.31. The van der Waals surface area contributed by atoms with Gasteiger partial charge in [-0.25, -0.2) is 22.3 Å². The fourth-order valence-electron chi connectivity index (χ4n) is 4.75. The summed E-state index contributed by atoms with van der Waals surface area (Å²) in [5.74, 6) is -0.744. The zero-order valence-corrected chi connectivity index (χ0v) is 22.2. The molecule has 1 aliphatic rings. The first-order chi connectivity index (χ1) is 18.2. The first-order valence-corrected chi connectivity index (χ1v) is 13.8. The molecule has 9 nitrogen and oxygen atoms in total. The Balaban J connectivity index is 1.68. The largest absolute Gasteiger partial charge is 0.495 e. The Hall–Kier alpha value is -3.83. The lowest BCUT2D eigenvalue weighted by Crippen LogP contribution is -2.35. The molecule has 0 spiro atoms. The number of ether oxygens (including phenoxy) is 1. The Bertz CT molecular complexity index is 1630. The lowest BCUT2D eigenvalue weighted by atomic mass is 10.0. The highest BCUT2D eigenvalue weighted by molar-refractivity contribution is 7.89. The van der Waals surface area contributed by atoms with Crippen LogP contribution in [0.15, 0.2) is 53.4 Å². The van der Waals surface area contributed by atoms with Gasteiger partial charge in [-0.1, -0.05) is 12.5 Å². The molecule has 0 bridgehead atoms. The van der Waals surface area contributed by atoms with Crippen molar-refractivity contribution >= 4 is 27.3 Å². The molecule has 1 saturated heterocycles. The van der Waals surface area contributed by atoms with E-state index >= 15 is 0 Å². The summed E-state index contributed by atoms with van der Waals surface area (Å²) in [6.07, 6.45) is 2.58. The van der Waals surface area contributed by atoms with Gasteiger partial charge in [-0.2, -0.15) is 9.40 Å². The van der Waals surface area contributed by atoms with E-state index in [-0.39, 0.29) is 16.3 Å². The van der Waals surface area contributed by atoms with Crippen molar-refractivity contribution < 1.29 is 22.3 Å². The normalized spacial score (nSPS) is 14.5. The summed E-state index contributed by atoms with van der Waals surface area (Å²) in [5, 5.41) is 7.29. The van der Waals surface area contributed by atoms with E-state index in [0.29, 0.717) is 35.6 Å². The number of halogens is 1. The number of methoxy groups -OCH3 is 1. The third kappa shape index (κ3) is 4.74. The summed E-state index contributed by atoms with van der Waals surface area (Å²) in [7, 11) is -2.42.